The van der Waals surface area contributed by atoms with Gasteiger partial charge in [0.25, 0.3) is 0 Å². The van der Waals surface area contributed by atoms with E-state index in [-0.39, 0.29) is 12.1 Å². The predicted octanol–water partition coefficient (Wildman–Crippen LogP) is 0.00972. The number of likely N-dealkylation sites (N-methyl/N-ethyl adjacent to an activating group) is 1. The normalized spacial score (nSPS) is 9.88. The number of aryl methyl sites for hydroxylation is 1. The summed E-state index contributed by atoms with van der Waals surface area (Å²) in [6.45, 7) is 1.64. The largest absolute Gasteiger partial charge is 0.478 e. The summed E-state index contributed by atoms with van der Waals surface area (Å²) in [5.74, 6) is -0.973. The molecule has 86 valence electrons. The number of nitrogens with zero attached hydrogens (tertiary/aromatic N) is 2. The lowest BCUT2D eigenvalue weighted by atomic mass is 10.2. The van der Waals surface area contributed by atoms with Crippen molar-refractivity contribution in [3.8, 4) is 0 Å². The molecule has 0 unspecified atom stereocenters. The summed E-state index contributed by atoms with van der Waals surface area (Å²) in [6, 6.07) is 3.00. The lowest BCUT2D eigenvalue weighted by molar-refractivity contribution is -0.116. The van der Waals surface area contributed by atoms with Gasteiger partial charge in [-0.1, -0.05) is 0 Å². The van der Waals surface area contributed by atoms with E-state index in [2.05, 4.69) is 4.98 Å². The summed E-state index contributed by atoms with van der Waals surface area (Å²) in [5, 5.41) is 8.81. The molecule has 0 bridgehead atoms. The number of rotatable bonds is 4. The van der Waals surface area contributed by atoms with Crippen molar-refractivity contribution in [1.29, 1.82) is 0 Å². The second-order valence-corrected chi connectivity index (χ2v) is 3.43. The molecule has 0 fully saturated rings. The lowest BCUT2D eigenvalue weighted by Gasteiger charge is -2.16. The molecule has 0 aromatic carbocycles. The van der Waals surface area contributed by atoms with Crippen LogP contribution in [0.2, 0.25) is 0 Å². The van der Waals surface area contributed by atoms with Gasteiger partial charge in [-0.05, 0) is 19.1 Å². The number of carbonyl (C=O) groups is 2. The Bertz CT molecular complexity index is 431. The number of primary amides is 1. The van der Waals surface area contributed by atoms with Crippen molar-refractivity contribution in [3.63, 3.8) is 0 Å². The van der Waals surface area contributed by atoms with Crippen LogP contribution in [0.4, 0.5) is 5.82 Å². The van der Waals surface area contributed by atoms with E-state index in [1.165, 1.54) is 6.07 Å². The molecule has 0 aliphatic rings. The molecule has 0 saturated heterocycles. The molecule has 1 amide bonds. The van der Waals surface area contributed by atoms with E-state index < -0.39 is 11.9 Å². The maximum Gasteiger partial charge on any atom is 0.337 e. The Labute approximate surface area is 92.7 Å². The van der Waals surface area contributed by atoms with Gasteiger partial charge in [0.2, 0.25) is 5.91 Å². The summed E-state index contributed by atoms with van der Waals surface area (Å²) < 4.78 is 0. The molecule has 0 atom stereocenters. The summed E-state index contributed by atoms with van der Waals surface area (Å²) in [6.07, 6.45) is 0. The Morgan fingerprint density at radius 3 is 2.56 bits per heavy atom. The molecule has 1 heterocycles. The second kappa shape index (κ2) is 4.61. The molecule has 0 aliphatic carbocycles. The number of carboxylic acid groups (broad SMARTS) is 1. The maximum atomic E-state index is 10.8. The van der Waals surface area contributed by atoms with Crippen molar-refractivity contribution in [3.05, 3.63) is 23.4 Å². The third-order valence-electron chi connectivity index (χ3n) is 2.09. The van der Waals surface area contributed by atoms with Gasteiger partial charge in [-0.15, -0.1) is 0 Å². The molecule has 1 aromatic heterocycles. The van der Waals surface area contributed by atoms with E-state index in [9.17, 15) is 9.59 Å². The number of aromatic carboxylic acids is 1. The van der Waals surface area contributed by atoms with Crippen molar-refractivity contribution in [2.24, 2.45) is 5.73 Å². The number of amides is 1. The zero-order valence-corrected chi connectivity index (χ0v) is 9.10. The summed E-state index contributed by atoms with van der Waals surface area (Å²) in [7, 11) is 1.66. The van der Waals surface area contributed by atoms with E-state index in [4.69, 9.17) is 10.8 Å². The SMILES string of the molecule is Cc1nc(N(C)CC(N)=O)ccc1C(=O)O. The quantitative estimate of drug-likeness (QED) is 0.749. The van der Waals surface area contributed by atoms with Gasteiger partial charge in [0.15, 0.2) is 0 Å². The van der Waals surface area contributed by atoms with Crippen LogP contribution >= 0.6 is 0 Å². The van der Waals surface area contributed by atoms with Gasteiger partial charge >= 0.3 is 5.97 Å². The topological polar surface area (TPSA) is 96.5 Å². The predicted molar refractivity (Wildman–Crippen MR) is 58.4 cm³/mol. The van der Waals surface area contributed by atoms with Crippen molar-refractivity contribution < 1.29 is 14.7 Å². The zero-order valence-electron chi connectivity index (χ0n) is 9.10. The Balaban J connectivity index is 2.96. The van der Waals surface area contributed by atoms with Gasteiger partial charge in [0.05, 0.1) is 17.8 Å². The van der Waals surface area contributed by atoms with E-state index in [0.29, 0.717) is 11.5 Å². The second-order valence-electron chi connectivity index (χ2n) is 3.43. The summed E-state index contributed by atoms with van der Waals surface area (Å²) in [5.41, 5.74) is 5.60. The van der Waals surface area contributed by atoms with E-state index in [0.717, 1.165) is 0 Å². The minimum atomic E-state index is -1.02. The first kappa shape index (κ1) is 12.0. The van der Waals surface area contributed by atoms with Crippen molar-refractivity contribution >= 4 is 17.7 Å². The maximum absolute atomic E-state index is 10.8. The van der Waals surface area contributed by atoms with Crippen LogP contribution in [0.25, 0.3) is 0 Å². The monoisotopic (exact) mass is 223 g/mol. The van der Waals surface area contributed by atoms with E-state index in [1.54, 1.807) is 24.9 Å². The highest BCUT2D eigenvalue weighted by Gasteiger charge is 2.11. The molecule has 6 heteroatoms. The van der Waals surface area contributed by atoms with Crippen LogP contribution in [0.1, 0.15) is 16.1 Å². The highest BCUT2D eigenvalue weighted by molar-refractivity contribution is 5.89. The van der Waals surface area contributed by atoms with Gasteiger partial charge in [0, 0.05) is 7.05 Å². The number of hydrogen-bond acceptors (Lipinski definition) is 4. The number of carboxylic acids is 1. The number of aromatic nitrogens is 1. The Morgan fingerprint density at radius 2 is 2.12 bits per heavy atom. The number of carbonyl (C=O) groups excluding carboxylic acids is 1. The van der Waals surface area contributed by atoms with Gasteiger partial charge < -0.3 is 15.7 Å². The van der Waals surface area contributed by atoms with E-state index in [1.807, 2.05) is 0 Å². The van der Waals surface area contributed by atoms with Crippen LogP contribution in [0.3, 0.4) is 0 Å². The average molecular weight is 223 g/mol. The molecule has 1 rings (SSSR count). The summed E-state index contributed by atoms with van der Waals surface area (Å²) >= 11 is 0. The molecule has 0 spiro atoms. The third kappa shape index (κ3) is 2.69. The Kier molecular flexibility index (Phi) is 3.44. The molecule has 1 aromatic rings. The third-order valence-corrected chi connectivity index (χ3v) is 2.09. The molecule has 0 aliphatic heterocycles. The van der Waals surface area contributed by atoms with Crippen LogP contribution in [0, 0.1) is 6.92 Å². The Hall–Kier alpha value is -2.11. The lowest BCUT2D eigenvalue weighted by Crippen LogP contribution is -2.31. The van der Waals surface area contributed by atoms with E-state index >= 15 is 0 Å². The van der Waals surface area contributed by atoms with Gasteiger partial charge in [-0.25, -0.2) is 9.78 Å². The van der Waals surface area contributed by atoms with Crippen molar-refractivity contribution in [2.75, 3.05) is 18.5 Å². The fourth-order valence-corrected chi connectivity index (χ4v) is 1.30. The van der Waals surface area contributed by atoms with Crippen LogP contribution < -0.4 is 10.6 Å². The Morgan fingerprint density at radius 1 is 1.50 bits per heavy atom. The molecule has 16 heavy (non-hydrogen) atoms. The highest BCUT2D eigenvalue weighted by atomic mass is 16.4. The summed E-state index contributed by atoms with van der Waals surface area (Å²) in [4.78, 5) is 27.1. The fourth-order valence-electron chi connectivity index (χ4n) is 1.30. The highest BCUT2D eigenvalue weighted by Crippen LogP contribution is 2.13. The van der Waals surface area contributed by atoms with Crippen molar-refractivity contribution in [1.82, 2.24) is 4.98 Å². The molecular formula is C10H13N3O3. The number of nitrogens with two attached hydrogens (primary N) is 1. The average Bonchev–Trinajstić information content (AvgIpc) is 2.15. The smallest absolute Gasteiger partial charge is 0.337 e. The minimum Gasteiger partial charge on any atom is -0.478 e. The number of pyridine rings is 1. The molecule has 0 radical (unpaired) electrons. The van der Waals surface area contributed by atoms with Gasteiger partial charge in [-0.2, -0.15) is 0 Å². The van der Waals surface area contributed by atoms with Crippen LogP contribution in [0.5, 0.6) is 0 Å². The first-order chi connectivity index (χ1) is 7.41. The van der Waals surface area contributed by atoms with Crippen LogP contribution in [0.15, 0.2) is 12.1 Å². The van der Waals surface area contributed by atoms with Crippen LogP contribution in [-0.2, 0) is 4.79 Å². The standard InChI is InChI=1S/C10H13N3O3/c1-6-7(10(15)16)3-4-9(12-6)13(2)5-8(11)14/h3-4H,5H2,1-2H3,(H2,11,14)(H,15,16). The molecule has 3 N–H and O–H groups in total. The minimum absolute atomic E-state index is 0.0405. The molecule has 6 nitrogen and oxygen atoms in total. The fraction of sp³-hybridized carbons (Fsp3) is 0.300. The first-order valence-corrected chi connectivity index (χ1v) is 4.62. The van der Waals surface area contributed by atoms with Gasteiger partial charge in [-0.3, -0.25) is 4.79 Å². The van der Waals surface area contributed by atoms with Crippen LogP contribution in [-0.4, -0.2) is 35.6 Å². The zero-order chi connectivity index (χ0) is 12.3. The van der Waals surface area contributed by atoms with Gasteiger partial charge in [0.1, 0.15) is 5.82 Å². The van der Waals surface area contributed by atoms with Crippen molar-refractivity contribution in [2.45, 2.75) is 6.92 Å². The molecular weight excluding hydrogens is 210 g/mol. The molecule has 0 saturated carbocycles. The first-order valence-electron chi connectivity index (χ1n) is 4.62. The number of anilines is 1. The number of hydrogen-bond donors (Lipinski definition) is 2.